The molecule has 0 amide bonds. The van der Waals surface area contributed by atoms with Crippen molar-refractivity contribution in [2.75, 3.05) is 28.7 Å². The fourth-order valence-electron chi connectivity index (χ4n) is 3.02. The lowest BCUT2D eigenvalue weighted by Gasteiger charge is -2.09. The number of aromatic hydroxyl groups is 1. The van der Waals surface area contributed by atoms with Crippen molar-refractivity contribution in [2.24, 2.45) is 0 Å². The molecular weight excluding hydrogens is 590 g/mol. The zero-order valence-corrected chi connectivity index (χ0v) is 22.7. The lowest BCUT2D eigenvalue weighted by molar-refractivity contribution is 0.473. The van der Waals surface area contributed by atoms with Crippen LogP contribution in [-0.4, -0.2) is 44.0 Å². The van der Waals surface area contributed by atoms with E-state index < -0.39 is 41.0 Å². The van der Waals surface area contributed by atoms with Gasteiger partial charge >= 0.3 is 0 Å². The molecule has 0 aliphatic heterocycles. The first-order valence-electron chi connectivity index (χ1n) is 10.5. The van der Waals surface area contributed by atoms with Gasteiger partial charge in [0.2, 0.25) is 0 Å². The van der Waals surface area contributed by atoms with E-state index >= 15 is 0 Å². The Labute approximate surface area is 229 Å². The maximum atomic E-state index is 11.1. The van der Waals surface area contributed by atoms with Crippen molar-refractivity contribution in [3.8, 4) is 5.75 Å². The third-order valence-corrected chi connectivity index (χ3v) is 7.58. The molecule has 0 atom stereocenters. The van der Waals surface area contributed by atoms with Gasteiger partial charge in [0.15, 0.2) is 0 Å². The van der Waals surface area contributed by atoms with Crippen molar-refractivity contribution in [3.05, 3.63) is 66.7 Å². The minimum atomic E-state index is -4.49. The highest BCUT2D eigenvalue weighted by molar-refractivity contribution is 7.86. The monoisotopic (exact) mass is 615 g/mol. The Balaban J connectivity index is 0.000000217. The average Bonchev–Trinajstić information content (AvgIpc) is 2.82. The number of nitrogen functional groups attached to an aromatic ring is 5. The van der Waals surface area contributed by atoms with Gasteiger partial charge in [-0.1, -0.05) is 0 Å². The molecule has 216 valence electrons. The van der Waals surface area contributed by atoms with Crippen LogP contribution in [0, 0.1) is 0 Å². The lowest BCUT2D eigenvalue weighted by atomic mass is 10.1. The summed E-state index contributed by atoms with van der Waals surface area (Å²) in [7, 11) is -12.8. The van der Waals surface area contributed by atoms with Crippen LogP contribution in [0.1, 0.15) is 0 Å². The van der Waals surface area contributed by atoms with Crippen LogP contribution in [-0.2, 0) is 30.4 Å². The number of nitrogens with two attached hydrogens (primary N) is 5. The molecule has 4 rings (SSSR count). The highest BCUT2D eigenvalue weighted by Gasteiger charge is 2.19. The van der Waals surface area contributed by atoms with Gasteiger partial charge in [-0.15, -0.1) is 0 Å². The number of benzene rings is 4. The second kappa shape index (κ2) is 11.8. The van der Waals surface area contributed by atoms with E-state index in [1.54, 1.807) is 6.07 Å². The Hall–Kier alpha value is -4.33. The summed E-state index contributed by atoms with van der Waals surface area (Å²) < 4.78 is 90.4. The topological polar surface area (TPSA) is 313 Å². The molecule has 0 unspecified atom stereocenters. The number of hydrogen-bond acceptors (Lipinski definition) is 12. The van der Waals surface area contributed by atoms with Crippen LogP contribution in [0.3, 0.4) is 0 Å². The van der Waals surface area contributed by atoms with Gasteiger partial charge in [0.1, 0.15) is 15.5 Å². The number of anilines is 5. The molecule has 0 aliphatic carbocycles. The highest BCUT2D eigenvalue weighted by Crippen LogP contribution is 2.36. The summed E-state index contributed by atoms with van der Waals surface area (Å²) in [6.07, 6.45) is 0. The number of rotatable bonds is 3. The molecule has 0 saturated heterocycles. The van der Waals surface area contributed by atoms with E-state index in [-0.39, 0.29) is 26.9 Å². The molecule has 0 heterocycles. The quantitative estimate of drug-likeness (QED) is 0.0897. The molecule has 4 aromatic rings. The molecule has 40 heavy (non-hydrogen) atoms. The number of phenols is 1. The summed E-state index contributed by atoms with van der Waals surface area (Å²) >= 11 is 0. The summed E-state index contributed by atoms with van der Waals surface area (Å²) in [4.78, 5) is -1.04. The van der Waals surface area contributed by atoms with E-state index in [9.17, 15) is 30.4 Å². The Morgan fingerprint density at radius 2 is 1.00 bits per heavy atom. The standard InChI is InChI=1S/C10H10N2O4S.C6H8N2O3S.C6H7NO3S/c11-6-1-2-7-5(3-6)4-8(17(14,15)16)9(12)10(7)13;7-4-1-2-5(8)6(3-4)12(9,10)11;7-5-1-3-6(4-2-5)11(8,9)10/h1-4,13H,11-12H2,(H,14,15,16);1-3H,7-8H2,(H,9,10,11);1-4H,7H2,(H,8,9,10). The molecule has 0 aromatic heterocycles. The van der Waals surface area contributed by atoms with E-state index in [1.807, 2.05) is 0 Å². The van der Waals surface area contributed by atoms with Crippen LogP contribution in [0.5, 0.6) is 5.75 Å². The third-order valence-electron chi connectivity index (χ3n) is 4.91. The summed E-state index contributed by atoms with van der Waals surface area (Å²) in [5.74, 6) is -0.393. The van der Waals surface area contributed by atoms with Crippen LogP contribution in [0.15, 0.2) is 81.4 Å². The average molecular weight is 616 g/mol. The van der Waals surface area contributed by atoms with Crippen molar-refractivity contribution in [2.45, 2.75) is 14.7 Å². The summed E-state index contributed by atoms with van der Waals surface area (Å²) in [5, 5.41) is 10.5. The molecule has 0 bridgehead atoms. The van der Waals surface area contributed by atoms with Crippen molar-refractivity contribution in [3.63, 3.8) is 0 Å². The third kappa shape index (κ3) is 8.33. The van der Waals surface area contributed by atoms with Gasteiger partial charge in [0, 0.05) is 22.4 Å². The number of phenolic OH excluding ortho intramolecular Hbond substituents is 1. The fraction of sp³-hybridized carbons (Fsp3) is 0. The Bertz CT molecular complexity index is 1880. The van der Waals surface area contributed by atoms with Crippen molar-refractivity contribution >= 4 is 69.6 Å². The van der Waals surface area contributed by atoms with E-state index in [0.717, 1.165) is 12.1 Å². The van der Waals surface area contributed by atoms with Crippen molar-refractivity contribution in [1.29, 1.82) is 0 Å². The minimum Gasteiger partial charge on any atom is -0.505 e. The molecule has 0 spiro atoms. The first kappa shape index (κ1) is 31.9. The fourth-order valence-corrected chi connectivity index (χ4v) is 4.81. The van der Waals surface area contributed by atoms with Crippen molar-refractivity contribution in [1.82, 2.24) is 0 Å². The molecular formula is C22H25N5O10S3. The molecule has 0 radical (unpaired) electrons. The molecule has 14 N–H and O–H groups in total. The Kier molecular flexibility index (Phi) is 9.42. The van der Waals surface area contributed by atoms with Gasteiger partial charge in [-0.25, -0.2) is 0 Å². The maximum Gasteiger partial charge on any atom is 0.296 e. The molecule has 0 aliphatic rings. The van der Waals surface area contributed by atoms with Gasteiger partial charge in [0.05, 0.1) is 16.3 Å². The smallest absolute Gasteiger partial charge is 0.296 e. The predicted octanol–water partition coefficient (Wildman–Crippen LogP) is 1.57. The Morgan fingerprint density at radius 1 is 0.525 bits per heavy atom. The zero-order chi connectivity index (χ0) is 30.6. The zero-order valence-electron chi connectivity index (χ0n) is 20.2. The highest BCUT2D eigenvalue weighted by atomic mass is 32.2. The SMILES string of the molecule is Nc1ccc(N)c(S(=O)(=O)O)c1.Nc1ccc(S(=O)(=O)O)cc1.Nc1ccc2c(O)c(N)c(S(=O)(=O)O)cc2c1. The second-order valence-corrected chi connectivity index (χ2v) is 12.1. The van der Waals surface area contributed by atoms with Crippen LogP contribution in [0.2, 0.25) is 0 Å². The first-order chi connectivity index (χ1) is 18.2. The van der Waals surface area contributed by atoms with Gasteiger partial charge in [-0.3, -0.25) is 13.7 Å². The van der Waals surface area contributed by atoms with Crippen LogP contribution in [0.4, 0.5) is 28.4 Å². The Morgan fingerprint density at radius 3 is 1.48 bits per heavy atom. The molecule has 0 fully saturated rings. The van der Waals surface area contributed by atoms with Crippen LogP contribution < -0.4 is 28.7 Å². The van der Waals surface area contributed by atoms with Gasteiger partial charge < -0.3 is 33.8 Å². The first-order valence-corrected chi connectivity index (χ1v) is 14.8. The number of fused-ring (bicyclic) bond motifs is 1. The molecule has 4 aromatic carbocycles. The van der Waals surface area contributed by atoms with Crippen LogP contribution in [0.25, 0.3) is 10.8 Å². The van der Waals surface area contributed by atoms with Gasteiger partial charge in [-0.05, 0) is 72.1 Å². The summed E-state index contributed by atoms with van der Waals surface area (Å²) in [6, 6.07) is 14.9. The summed E-state index contributed by atoms with van der Waals surface area (Å²) in [6.45, 7) is 0. The predicted molar refractivity (Wildman–Crippen MR) is 150 cm³/mol. The molecule has 15 nitrogen and oxygen atoms in total. The minimum absolute atomic E-state index is 0.0216. The number of hydrogen-bond donors (Lipinski definition) is 9. The molecule has 18 heteroatoms. The van der Waals surface area contributed by atoms with Crippen LogP contribution >= 0.6 is 0 Å². The van der Waals surface area contributed by atoms with E-state index in [4.69, 9.17) is 42.3 Å². The largest absolute Gasteiger partial charge is 0.505 e. The van der Waals surface area contributed by atoms with Gasteiger partial charge in [-0.2, -0.15) is 25.3 Å². The van der Waals surface area contributed by atoms with E-state index in [2.05, 4.69) is 0 Å². The molecule has 0 saturated carbocycles. The van der Waals surface area contributed by atoms with Crippen molar-refractivity contribution < 1.29 is 44.0 Å². The lowest BCUT2D eigenvalue weighted by Crippen LogP contribution is -2.03. The maximum absolute atomic E-state index is 11.1. The second-order valence-electron chi connectivity index (χ2n) is 7.91. The summed E-state index contributed by atoms with van der Waals surface area (Å²) in [5.41, 5.74) is 27.6. The normalized spacial score (nSPS) is 11.6. The van der Waals surface area contributed by atoms with Gasteiger partial charge in [0.25, 0.3) is 30.4 Å². The van der Waals surface area contributed by atoms with E-state index in [1.165, 1.54) is 48.5 Å². The van der Waals surface area contributed by atoms with E-state index in [0.29, 0.717) is 22.1 Å².